The van der Waals surface area contributed by atoms with Gasteiger partial charge in [-0.1, -0.05) is 72.3 Å². The standard InChI is InChI=1S/C24H21ClN2O2/c25-20-12-10-17(11-13-20)14-15-26-23(28)22(18-6-2-1-3-7-18)27-16-19-8-4-5-9-21(19)24(27)29/h1-13,22H,14-16H2,(H,26,28)/t22-/m0/s1. The second kappa shape index (κ2) is 8.50. The van der Waals surface area contributed by atoms with Gasteiger partial charge in [-0.25, -0.2) is 0 Å². The van der Waals surface area contributed by atoms with Gasteiger partial charge in [0, 0.05) is 23.7 Å². The summed E-state index contributed by atoms with van der Waals surface area (Å²) in [6.45, 7) is 0.915. The molecule has 0 radical (unpaired) electrons. The van der Waals surface area contributed by atoms with E-state index in [-0.39, 0.29) is 11.8 Å². The maximum absolute atomic E-state index is 13.1. The number of carbonyl (C=O) groups excluding carboxylic acids is 2. The molecule has 0 unspecified atom stereocenters. The van der Waals surface area contributed by atoms with Crippen LogP contribution in [0.5, 0.6) is 0 Å². The molecule has 29 heavy (non-hydrogen) atoms. The fourth-order valence-electron chi connectivity index (χ4n) is 3.67. The smallest absolute Gasteiger partial charge is 0.255 e. The van der Waals surface area contributed by atoms with Crippen molar-refractivity contribution in [1.82, 2.24) is 10.2 Å². The summed E-state index contributed by atoms with van der Waals surface area (Å²) < 4.78 is 0. The number of nitrogens with one attached hydrogen (secondary N) is 1. The number of amides is 2. The van der Waals surface area contributed by atoms with E-state index in [0.717, 1.165) is 16.7 Å². The molecule has 3 aromatic rings. The fraction of sp³-hybridized carbons (Fsp3) is 0.167. The van der Waals surface area contributed by atoms with Crippen LogP contribution in [0.25, 0.3) is 0 Å². The van der Waals surface area contributed by atoms with Crippen molar-refractivity contribution in [2.75, 3.05) is 6.54 Å². The molecule has 1 aliphatic rings. The number of halogens is 1. The van der Waals surface area contributed by atoms with E-state index in [1.165, 1.54) is 0 Å². The number of hydrogen-bond donors (Lipinski definition) is 1. The molecule has 1 heterocycles. The molecule has 0 saturated carbocycles. The molecule has 4 nitrogen and oxygen atoms in total. The monoisotopic (exact) mass is 404 g/mol. The molecule has 5 heteroatoms. The Morgan fingerprint density at radius 1 is 0.966 bits per heavy atom. The van der Waals surface area contributed by atoms with E-state index < -0.39 is 6.04 Å². The molecule has 1 aliphatic heterocycles. The summed E-state index contributed by atoms with van der Waals surface area (Å²) in [6.07, 6.45) is 0.693. The Morgan fingerprint density at radius 3 is 2.38 bits per heavy atom. The molecular weight excluding hydrogens is 384 g/mol. The van der Waals surface area contributed by atoms with Gasteiger partial charge >= 0.3 is 0 Å². The lowest BCUT2D eigenvalue weighted by Crippen LogP contribution is -2.41. The van der Waals surface area contributed by atoms with Crippen molar-refractivity contribution in [3.63, 3.8) is 0 Å². The number of nitrogens with zero attached hydrogens (tertiary/aromatic N) is 1. The van der Waals surface area contributed by atoms with Crippen molar-refractivity contribution in [3.05, 3.63) is 106 Å². The van der Waals surface area contributed by atoms with E-state index in [0.29, 0.717) is 30.1 Å². The van der Waals surface area contributed by atoms with Gasteiger partial charge < -0.3 is 10.2 Å². The van der Waals surface area contributed by atoms with Crippen molar-refractivity contribution in [2.45, 2.75) is 19.0 Å². The third-order valence-electron chi connectivity index (χ3n) is 5.15. The van der Waals surface area contributed by atoms with Crippen molar-refractivity contribution in [3.8, 4) is 0 Å². The van der Waals surface area contributed by atoms with Gasteiger partial charge in [0.25, 0.3) is 5.91 Å². The average Bonchev–Trinajstić information content (AvgIpc) is 3.07. The predicted molar refractivity (Wildman–Crippen MR) is 114 cm³/mol. The van der Waals surface area contributed by atoms with Crippen LogP contribution in [0.15, 0.2) is 78.9 Å². The second-order valence-corrected chi connectivity index (χ2v) is 7.51. The Hall–Kier alpha value is -3.11. The lowest BCUT2D eigenvalue weighted by molar-refractivity contribution is -0.125. The van der Waals surface area contributed by atoms with Crippen LogP contribution in [0.3, 0.4) is 0 Å². The van der Waals surface area contributed by atoms with Gasteiger partial charge in [0.05, 0.1) is 0 Å². The van der Waals surface area contributed by atoms with E-state index >= 15 is 0 Å². The van der Waals surface area contributed by atoms with Gasteiger partial charge in [0.2, 0.25) is 5.91 Å². The predicted octanol–water partition coefficient (Wildman–Crippen LogP) is 4.40. The van der Waals surface area contributed by atoms with E-state index in [1.807, 2.05) is 78.9 Å². The zero-order chi connectivity index (χ0) is 20.2. The molecular formula is C24H21ClN2O2. The van der Waals surface area contributed by atoms with E-state index in [2.05, 4.69) is 5.32 Å². The topological polar surface area (TPSA) is 49.4 Å². The maximum atomic E-state index is 13.1. The first-order chi connectivity index (χ1) is 14.1. The van der Waals surface area contributed by atoms with Gasteiger partial charge in [-0.3, -0.25) is 9.59 Å². The quantitative estimate of drug-likeness (QED) is 0.662. The summed E-state index contributed by atoms with van der Waals surface area (Å²) in [5.41, 5.74) is 3.52. The minimum absolute atomic E-state index is 0.109. The number of carbonyl (C=O) groups is 2. The summed E-state index contributed by atoms with van der Waals surface area (Å²) in [5.74, 6) is -0.284. The van der Waals surface area contributed by atoms with Crippen LogP contribution in [-0.2, 0) is 17.8 Å². The third kappa shape index (κ3) is 4.17. The SMILES string of the molecule is O=C(NCCc1ccc(Cl)cc1)[C@H](c1ccccc1)N1Cc2ccccc2C1=O. The van der Waals surface area contributed by atoms with Crippen LogP contribution in [-0.4, -0.2) is 23.3 Å². The molecule has 0 aliphatic carbocycles. The molecule has 3 aromatic carbocycles. The molecule has 146 valence electrons. The highest BCUT2D eigenvalue weighted by Crippen LogP contribution is 2.31. The van der Waals surface area contributed by atoms with Gasteiger partial charge in [0.1, 0.15) is 6.04 Å². The summed E-state index contributed by atoms with van der Waals surface area (Å²) in [7, 11) is 0. The van der Waals surface area contributed by atoms with Crippen LogP contribution < -0.4 is 5.32 Å². The Balaban J connectivity index is 1.51. The lowest BCUT2D eigenvalue weighted by atomic mass is 10.0. The minimum atomic E-state index is -0.665. The maximum Gasteiger partial charge on any atom is 0.255 e. The van der Waals surface area contributed by atoms with Crippen molar-refractivity contribution in [2.24, 2.45) is 0 Å². The first-order valence-corrected chi connectivity index (χ1v) is 9.97. The van der Waals surface area contributed by atoms with Crippen LogP contribution >= 0.6 is 11.6 Å². The molecule has 0 aromatic heterocycles. The number of hydrogen-bond acceptors (Lipinski definition) is 2. The zero-order valence-electron chi connectivity index (χ0n) is 15.8. The van der Waals surface area contributed by atoms with Crippen LogP contribution in [0, 0.1) is 0 Å². The third-order valence-corrected chi connectivity index (χ3v) is 5.40. The first-order valence-electron chi connectivity index (χ1n) is 9.59. The fourth-order valence-corrected chi connectivity index (χ4v) is 3.80. The Labute approximate surface area is 175 Å². The molecule has 2 amide bonds. The van der Waals surface area contributed by atoms with Gasteiger partial charge in [-0.05, 0) is 41.3 Å². The summed E-state index contributed by atoms with van der Waals surface area (Å²) in [4.78, 5) is 27.8. The zero-order valence-corrected chi connectivity index (χ0v) is 16.6. The van der Waals surface area contributed by atoms with Crippen LogP contribution in [0.2, 0.25) is 5.02 Å². The minimum Gasteiger partial charge on any atom is -0.354 e. The molecule has 0 bridgehead atoms. The lowest BCUT2D eigenvalue weighted by Gasteiger charge is -2.27. The highest BCUT2D eigenvalue weighted by Gasteiger charge is 2.36. The highest BCUT2D eigenvalue weighted by atomic mass is 35.5. The summed E-state index contributed by atoms with van der Waals surface area (Å²) in [6, 6.07) is 23.9. The molecule has 0 saturated heterocycles. The van der Waals surface area contributed by atoms with E-state index in [1.54, 1.807) is 4.90 Å². The number of fused-ring (bicyclic) bond motifs is 1. The van der Waals surface area contributed by atoms with Gasteiger partial charge in [-0.15, -0.1) is 0 Å². The van der Waals surface area contributed by atoms with Crippen LogP contribution in [0.4, 0.5) is 0 Å². The van der Waals surface area contributed by atoms with Gasteiger partial charge in [-0.2, -0.15) is 0 Å². The Kier molecular flexibility index (Phi) is 5.63. The van der Waals surface area contributed by atoms with E-state index in [4.69, 9.17) is 11.6 Å². The molecule has 1 atom stereocenters. The van der Waals surface area contributed by atoms with Crippen LogP contribution in [0.1, 0.15) is 33.1 Å². The molecule has 1 N–H and O–H groups in total. The Bertz CT molecular complexity index is 1020. The van der Waals surface area contributed by atoms with Crippen molar-refractivity contribution >= 4 is 23.4 Å². The van der Waals surface area contributed by atoms with Gasteiger partial charge in [0.15, 0.2) is 0 Å². The largest absolute Gasteiger partial charge is 0.354 e. The molecule has 0 fully saturated rings. The number of benzene rings is 3. The summed E-state index contributed by atoms with van der Waals surface area (Å²) >= 11 is 5.92. The molecule has 4 rings (SSSR count). The number of rotatable bonds is 6. The normalized spacial score (nSPS) is 13.8. The van der Waals surface area contributed by atoms with E-state index in [9.17, 15) is 9.59 Å². The second-order valence-electron chi connectivity index (χ2n) is 7.07. The first kappa shape index (κ1) is 19.2. The Morgan fingerprint density at radius 2 is 1.66 bits per heavy atom. The van der Waals surface area contributed by atoms with Crippen molar-refractivity contribution in [1.29, 1.82) is 0 Å². The molecule has 0 spiro atoms. The summed E-state index contributed by atoms with van der Waals surface area (Å²) in [5, 5.41) is 3.69. The van der Waals surface area contributed by atoms with Crippen molar-refractivity contribution < 1.29 is 9.59 Å². The highest BCUT2D eigenvalue weighted by molar-refractivity contribution is 6.30. The average molecular weight is 405 g/mol.